The third kappa shape index (κ3) is 3.89. The van der Waals surface area contributed by atoms with Gasteiger partial charge in [0.05, 0.1) is 25.8 Å². The average molecular weight is 354 g/mol. The van der Waals surface area contributed by atoms with Crippen LogP contribution in [0.25, 0.3) is 0 Å². The van der Waals surface area contributed by atoms with Crippen LogP contribution >= 0.6 is 0 Å². The van der Waals surface area contributed by atoms with Crippen LogP contribution in [0.15, 0.2) is 48.5 Å². The van der Waals surface area contributed by atoms with Crippen LogP contribution in [0.3, 0.4) is 0 Å². The highest BCUT2D eigenvalue weighted by Gasteiger charge is 2.33. The second kappa shape index (κ2) is 8.34. The quantitative estimate of drug-likeness (QED) is 0.834. The molecule has 26 heavy (non-hydrogen) atoms. The van der Waals surface area contributed by atoms with Crippen molar-refractivity contribution in [1.82, 2.24) is 10.2 Å². The Morgan fingerprint density at radius 2 is 1.92 bits per heavy atom. The van der Waals surface area contributed by atoms with Gasteiger partial charge < -0.3 is 20.1 Å². The largest absolute Gasteiger partial charge is 0.496 e. The van der Waals surface area contributed by atoms with Gasteiger partial charge >= 0.3 is 0 Å². The van der Waals surface area contributed by atoms with Crippen LogP contribution < -0.4 is 10.1 Å². The first kappa shape index (κ1) is 18.4. The molecule has 2 atom stereocenters. The molecular formula is C21H26N2O3. The lowest BCUT2D eigenvalue weighted by molar-refractivity contribution is -0.132. The van der Waals surface area contributed by atoms with Crippen molar-refractivity contribution in [3.8, 4) is 5.75 Å². The Balaban J connectivity index is 1.95. The number of hydrogen-bond donors (Lipinski definition) is 2. The third-order valence-electron chi connectivity index (χ3n) is 4.75. The summed E-state index contributed by atoms with van der Waals surface area (Å²) < 4.78 is 5.57. The van der Waals surface area contributed by atoms with E-state index in [0.29, 0.717) is 13.1 Å². The number of carbonyl (C=O) groups excluding carboxylic acids is 1. The van der Waals surface area contributed by atoms with E-state index < -0.39 is 6.10 Å². The summed E-state index contributed by atoms with van der Waals surface area (Å²) in [5.41, 5.74) is 3.41. The Labute approximate surface area is 154 Å². The van der Waals surface area contributed by atoms with Crippen molar-refractivity contribution in [2.75, 3.05) is 26.7 Å². The summed E-state index contributed by atoms with van der Waals surface area (Å²) in [5, 5.41) is 12.4. The molecule has 1 unspecified atom stereocenters. The maximum atomic E-state index is 12.9. The fraction of sp³-hybridized carbons (Fsp3) is 0.381. The van der Waals surface area contributed by atoms with Crippen LogP contribution in [0, 0.1) is 0 Å². The Kier molecular flexibility index (Phi) is 5.91. The number of fused-ring (bicyclic) bond motifs is 1. The van der Waals surface area contributed by atoms with Gasteiger partial charge in [0.2, 0.25) is 5.91 Å². The van der Waals surface area contributed by atoms with E-state index >= 15 is 0 Å². The van der Waals surface area contributed by atoms with Crippen molar-refractivity contribution in [2.45, 2.75) is 25.5 Å². The minimum absolute atomic E-state index is 0.0241. The Hall–Kier alpha value is -2.37. The van der Waals surface area contributed by atoms with Gasteiger partial charge in [-0.05, 0) is 30.5 Å². The first-order valence-corrected chi connectivity index (χ1v) is 9.00. The molecule has 1 aliphatic rings. The topological polar surface area (TPSA) is 61.8 Å². The maximum absolute atomic E-state index is 12.9. The van der Waals surface area contributed by atoms with E-state index in [9.17, 15) is 9.90 Å². The third-order valence-corrected chi connectivity index (χ3v) is 4.75. The summed E-state index contributed by atoms with van der Waals surface area (Å²) in [7, 11) is 1.66. The van der Waals surface area contributed by atoms with E-state index in [4.69, 9.17) is 4.74 Å². The predicted molar refractivity (Wildman–Crippen MR) is 101 cm³/mol. The maximum Gasteiger partial charge on any atom is 0.237 e. The predicted octanol–water partition coefficient (Wildman–Crippen LogP) is 2.14. The Morgan fingerprint density at radius 3 is 2.65 bits per heavy atom. The molecular weight excluding hydrogens is 328 g/mol. The fourth-order valence-corrected chi connectivity index (χ4v) is 3.55. The number of nitrogens with zero attached hydrogens (tertiary/aromatic N) is 1. The van der Waals surface area contributed by atoms with Gasteiger partial charge in [0.1, 0.15) is 5.75 Å². The minimum Gasteiger partial charge on any atom is -0.496 e. The van der Waals surface area contributed by atoms with Crippen LogP contribution in [0.4, 0.5) is 0 Å². The van der Waals surface area contributed by atoms with Crippen LogP contribution in [0.2, 0.25) is 0 Å². The van der Waals surface area contributed by atoms with Crippen LogP contribution in [-0.4, -0.2) is 48.8 Å². The molecule has 0 saturated carbocycles. The van der Waals surface area contributed by atoms with Gasteiger partial charge in [-0.15, -0.1) is 0 Å². The number of hydrogen-bond acceptors (Lipinski definition) is 4. The standard InChI is InChI=1S/C21H26N2O3/c1-15(24)13-22-14-20(25)23-12-11-16-7-3-4-8-17(16)21(23)18-9-5-6-10-19(18)26-2/h3-10,15,21-22,24H,11-14H2,1-2H3/t15-,21?/m1/s1. The normalized spacial score (nSPS) is 17.5. The average Bonchev–Trinajstić information content (AvgIpc) is 2.66. The van der Waals surface area contributed by atoms with E-state index in [2.05, 4.69) is 17.4 Å². The zero-order valence-corrected chi connectivity index (χ0v) is 15.3. The summed E-state index contributed by atoms with van der Waals surface area (Å²) in [5.74, 6) is 0.806. The van der Waals surface area contributed by atoms with Crippen molar-refractivity contribution in [1.29, 1.82) is 0 Å². The van der Waals surface area contributed by atoms with Gasteiger partial charge in [0.25, 0.3) is 0 Å². The number of para-hydroxylation sites is 1. The van der Waals surface area contributed by atoms with Crippen molar-refractivity contribution in [3.05, 3.63) is 65.2 Å². The van der Waals surface area contributed by atoms with Crippen molar-refractivity contribution < 1.29 is 14.6 Å². The molecule has 5 nitrogen and oxygen atoms in total. The molecule has 138 valence electrons. The molecule has 1 amide bonds. The van der Waals surface area contributed by atoms with Gasteiger partial charge in [-0.2, -0.15) is 0 Å². The highest BCUT2D eigenvalue weighted by Crippen LogP contribution is 2.39. The zero-order valence-electron chi connectivity index (χ0n) is 15.3. The number of benzene rings is 2. The van der Waals surface area contributed by atoms with Gasteiger partial charge in [0.15, 0.2) is 0 Å². The molecule has 2 N–H and O–H groups in total. The first-order chi connectivity index (χ1) is 12.6. The summed E-state index contributed by atoms with van der Waals surface area (Å²) in [6.07, 6.45) is 0.360. The number of aliphatic hydroxyl groups excluding tert-OH is 1. The monoisotopic (exact) mass is 354 g/mol. The number of aliphatic hydroxyl groups is 1. The molecule has 5 heteroatoms. The minimum atomic E-state index is -0.477. The van der Waals surface area contributed by atoms with Gasteiger partial charge in [0, 0.05) is 18.7 Å². The van der Waals surface area contributed by atoms with Crippen molar-refractivity contribution in [2.24, 2.45) is 0 Å². The Morgan fingerprint density at radius 1 is 1.23 bits per heavy atom. The molecule has 0 radical (unpaired) electrons. The molecule has 0 aromatic heterocycles. The van der Waals surface area contributed by atoms with Gasteiger partial charge in [-0.3, -0.25) is 4.79 Å². The molecule has 0 spiro atoms. The number of methoxy groups -OCH3 is 1. The molecule has 1 aliphatic heterocycles. The van der Waals surface area contributed by atoms with Crippen LogP contribution in [0.1, 0.15) is 29.7 Å². The number of ether oxygens (including phenoxy) is 1. The molecule has 2 aromatic rings. The van der Waals surface area contributed by atoms with Gasteiger partial charge in [-0.25, -0.2) is 0 Å². The van der Waals surface area contributed by atoms with Crippen molar-refractivity contribution >= 4 is 5.91 Å². The SMILES string of the molecule is COc1ccccc1C1c2ccccc2CCN1C(=O)CNC[C@@H](C)O. The number of rotatable bonds is 6. The molecule has 1 heterocycles. The summed E-state index contributed by atoms with van der Waals surface area (Å²) in [6.45, 7) is 2.97. The molecule has 0 fully saturated rings. The highest BCUT2D eigenvalue weighted by atomic mass is 16.5. The lowest BCUT2D eigenvalue weighted by Gasteiger charge is -2.38. The second-order valence-corrected chi connectivity index (χ2v) is 6.66. The number of carbonyl (C=O) groups is 1. The van der Waals surface area contributed by atoms with E-state index in [-0.39, 0.29) is 18.5 Å². The lowest BCUT2D eigenvalue weighted by atomic mass is 9.87. The van der Waals surface area contributed by atoms with E-state index in [1.807, 2.05) is 41.3 Å². The van der Waals surface area contributed by atoms with Gasteiger partial charge in [-0.1, -0.05) is 42.5 Å². The summed E-state index contributed by atoms with van der Waals surface area (Å²) in [4.78, 5) is 14.8. The molecule has 0 bridgehead atoms. The highest BCUT2D eigenvalue weighted by molar-refractivity contribution is 5.80. The Bertz CT molecular complexity index is 760. The van der Waals surface area contributed by atoms with Crippen LogP contribution in [-0.2, 0) is 11.2 Å². The number of amides is 1. The number of nitrogens with one attached hydrogen (secondary N) is 1. The zero-order chi connectivity index (χ0) is 18.5. The lowest BCUT2D eigenvalue weighted by Crippen LogP contribution is -2.45. The first-order valence-electron chi connectivity index (χ1n) is 9.00. The second-order valence-electron chi connectivity index (χ2n) is 6.66. The van der Waals surface area contributed by atoms with Crippen LogP contribution in [0.5, 0.6) is 5.75 Å². The molecule has 0 saturated heterocycles. The smallest absolute Gasteiger partial charge is 0.237 e. The summed E-state index contributed by atoms with van der Waals surface area (Å²) >= 11 is 0. The van der Waals surface area contributed by atoms with Crippen molar-refractivity contribution in [3.63, 3.8) is 0 Å². The fourth-order valence-electron chi connectivity index (χ4n) is 3.55. The molecule has 0 aliphatic carbocycles. The molecule has 3 rings (SSSR count). The molecule has 2 aromatic carbocycles. The van der Waals surface area contributed by atoms with E-state index in [1.165, 1.54) is 5.56 Å². The van der Waals surface area contributed by atoms with E-state index in [1.54, 1.807) is 14.0 Å². The summed E-state index contributed by atoms with van der Waals surface area (Å²) in [6, 6.07) is 16.0. The van der Waals surface area contributed by atoms with E-state index in [0.717, 1.165) is 23.3 Å².